The molecule has 4 nitrogen and oxygen atoms in total. The molecular weight excluding hydrogens is 387 g/mol. The highest BCUT2D eigenvalue weighted by molar-refractivity contribution is 9.10. The first kappa shape index (κ1) is 16.5. The van der Waals surface area contributed by atoms with Crippen molar-refractivity contribution in [2.45, 2.75) is 11.3 Å². The molecule has 0 aliphatic carbocycles. The van der Waals surface area contributed by atoms with Crippen molar-refractivity contribution in [1.29, 1.82) is 0 Å². The van der Waals surface area contributed by atoms with Crippen molar-refractivity contribution in [3.63, 3.8) is 0 Å². The monoisotopic (exact) mass is 400 g/mol. The van der Waals surface area contributed by atoms with Crippen molar-refractivity contribution >= 4 is 49.2 Å². The molecule has 1 aliphatic heterocycles. The summed E-state index contributed by atoms with van der Waals surface area (Å²) >= 11 is 15.4. The third kappa shape index (κ3) is 3.31. The Balaban J connectivity index is 2.33. The Morgan fingerprint density at radius 1 is 1.40 bits per heavy atom. The molecule has 0 bridgehead atoms. The molecule has 2 rings (SSSR count). The van der Waals surface area contributed by atoms with Crippen molar-refractivity contribution in [3.05, 3.63) is 26.7 Å². The van der Waals surface area contributed by atoms with E-state index in [0.717, 1.165) is 13.0 Å². The highest BCUT2D eigenvalue weighted by Crippen LogP contribution is 2.36. The summed E-state index contributed by atoms with van der Waals surface area (Å²) in [5.41, 5.74) is 0. The Morgan fingerprint density at radius 2 is 2.00 bits per heavy atom. The molecule has 112 valence electrons. The predicted molar refractivity (Wildman–Crippen MR) is 85.0 cm³/mol. The molecule has 0 amide bonds. The second kappa shape index (κ2) is 6.50. The van der Waals surface area contributed by atoms with Gasteiger partial charge in [-0.3, -0.25) is 0 Å². The lowest BCUT2D eigenvalue weighted by Crippen LogP contribution is -2.30. The van der Waals surface area contributed by atoms with Gasteiger partial charge in [0.1, 0.15) is 4.90 Å². The fourth-order valence-electron chi connectivity index (χ4n) is 2.38. The lowest BCUT2D eigenvalue weighted by atomic mass is 10.1. The van der Waals surface area contributed by atoms with Gasteiger partial charge in [-0.25, -0.2) is 8.42 Å². The van der Waals surface area contributed by atoms with Crippen LogP contribution in [0.3, 0.4) is 0 Å². The van der Waals surface area contributed by atoms with Crippen molar-refractivity contribution in [2.24, 2.45) is 5.92 Å². The maximum atomic E-state index is 12.7. The van der Waals surface area contributed by atoms with Gasteiger partial charge in [0.15, 0.2) is 0 Å². The molecular formula is C12H15BrCl2N2O2S. The third-order valence-electron chi connectivity index (χ3n) is 3.30. The van der Waals surface area contributed by atoms with Gasteiger partial charge >= 0.3 is 0 Å². The summed E-state index contributed by atoms with van der Waals surface area (Å²) in [7, 11) is -1.79. The van der Waals surface area contributed by atoms with Crippen LogP contribution >= 0.6 is 39.1 Å². The smallest absolute Gasteiger partial charge is 0.246 e. The first-order valence-electron chi connectivity index (χ1n) is 6.15. The van der Waals surface area contributed by atoms with E-state index in [-0.39, 0.29) is 14.9 Å². The zero-order chi connectivity index (χ0) is 14.9. The minimum absolute atomic E-state index is 0.00543. The van der Waals surface area contributed by atoms with Crippen LogP contribution in [0.2, 0.25) is 10.0 Å². The molecule has 1 saturated heterocycles. The summed E-state index contributed by atoms with van der Waals surface area (Å²) in [6.45, 7) is 1.79. The van der Waals surface area contributed by atoms with Crippen LogP contribution < -0.4 is 5.32 Å². The first-order valence-corrected chi connectivity index (χ1v) is 9.14. The van der Waals surface area contributed by atoms with E-state index in [9.17, 15) is 8.42 Å². The summed E-state index contributed by atoms with van der Waals surface area (Å²) in [4.78, 5) is -0.00543. The fourth-order valence-corrected chi connectivity index (χ4v) is 5.79. The van der Waals surface area contributed by atoms with Crippen LogP contribution in [0.15, 0.2) is 21.5 Å². The molecule has 1 aromatic carbocycles. The molecule has 1 heterocycles. The number of hydrogen-bond acceptors (Lipinski definition) is 3. The van der Waals surface area contributed by atoms with Gasteiger partial charge in [-0.1, -0.05) is 39.1 Å². The van der Waals surface area contributed by atoms with Crippen LogP contribution in [-0.2, 0) is 10.0 Å². The van der Waals surface area contributed by atoms with Crippen LogP contribution in [-0.4, -0.2) is 39.4 Å². The summed E-state index contributed by atoms with van der Waals surface area (Å²) < 4.78 is 27.4. The molecule has 1 atom stereocenters. The summed E-state index contributed by atoms with van der Waals surface area (Å²) in [5.74, 6) is 0.322. The number of hydrogen-bond donors (Lipinski definition) is 1. The standard InChI is InChI=1S/C12H15BrCl2N2O2S/c1-16-6-8-2-3-17(7-8)20(18,19)12-10(14)4-9(13)5-11(12)15/h4-5,8,16H,2-3,6-7H2,1H3. The first-order chi connectivity index (χ1) is 9.36. The number of nitrogens with one attached hydrogen (secondary N) is 1. The van der Waals surface area contributed by atoms with Gasteiger partial charge in [0.25, 0.3) is 0 Å². The normalized spacial score (nSPS) is 20.5. The Hall–Kier alpha value is 0.150. The lowest BCUT2D eigenvalue weighted by Gasteiger charge is -2.18. The quantitative estimate of drug-likeness (QED) is 0.843. The van der Waals surface area contributed by atoms with E-state index in [1.807, 2.05) is 7.05 Å². The largest absolute Gasteiger partial charge is 0.319 e. The van der Waals surface area contributed by atoms with Gasteiger partial charge < -0.3 is 5.32 Å². The number of rotatable bonds is 4. The van der Waals surface area contributed by atoms with Gasteiger partial charge in [-0.15, -0.1) is 0 Å². The second-order valence-corrected chi connectivity index (χ2v) is 8.38. The zero-order valence-electron chi connectivity index (χ0n) is 10.9. The lowest BCUT2D eigenvalue weighted by molar-refractivity contribution is 0.451. The van der Waals surface area contributed by atoms with Crippen LogP contribution in [0.25, 0.3) is 0 Å². The molecule has 0 aromatic heterocycles. The van der Waals surface area contributed by atoms with E-state index < -0.39 is 10.0 Å². The molecule has 1 N–H and O–H groups in total. The Bertz CT molecular complexity index is 586. The Labute approximate surface area is 137 Å². The predicted octanol–water partition coefficient (Wildman–Crippen LogP) is 2.99. The minimum Gasteiger partial charge on any atom is -0.319 e. The molecule has 1 fully saturated rings. The second-order valence-electron chi connectivity index (χ2n) is 4.77. The van der Waals surface area contributed by atoms with Gasteiger partial charge in [0.05, 0.1) is 10.0 Å². The zero-order valence-corrected chi connectivity index (χ0v) is 14.8. The summed E-state index contributed by atoms with van der Waals surface area (Å²) in [6.07, 6.45) is 0.839. The van der Waals surface area contributed by atoms with Crippen LogP contribution in [0.4, 0.5) is 0 Å². The Kier molecular flexibility index (Phi) is 5.37. The van der Waals surface area contributed by atoms with E-state index in [1.165, 1.54) is 4.31 Å². The van der Waals surface area contributed by atoms with Crippen LogP contribution in [0.1, 0.15) is 6.42 Å². The number of sulfonamides is 1. The summed E-state index contributed by atoms with van der Waals surface area (Å²) in [6, 6.07) is 3.09. The molecule has 20 heavy (non-hydrogen) atoms. The van der Waals surface area contributed by atoms with Crippen LogP contribution in [0.5, 0.6) is 0 Å². The van der Waals surface area contributed by atoms with Crippen molar-refractivity contribution in [1.82, 2.24) is 9.62 Å². The maximum Gasteiger partial charge on any atom is 0.246 e. The van der Waals surface area contributed by atoms with E-state index in [4.69, 9.17) is 23.2 Å². The highest BCUT2D eigenvalue weighted by atomic mass is 79.9. The van der Waals surface area contributed by atoms with Crippen molar-refractivity contribution in [2.75, 3.05) is 26.7 Å². The van der Waals surface area contributed by atoms with E-state index in [0.29, 0.717) is 23.5 Å². The average Bonchev–Trinajstić information content (AvgIpc) is 2.76. The molecule has 1 aliphatic rings. The molecule has 1 unspecified atom stereocenters. The number of benzene rings is 1. The molecule has 0 radical (unpaired) electrons. The van der Waals surface area contributed by atoms with E-state index in [1.54, 1.807) is 12.1 Å². The van der Waals surface area contributed by atoms with Crippen molar-refractivity contribution < 1.29 is 8.42 Å². The maximum absolute atomic E-state index is 12.7. The van der Waals surface area contributed by atoms with Crippen LogP contribution in [0, 0.1) is 5.92 Å². The molecule has 0 saturated carbocycles. The van der Waals surface area contributed by atoms with Gasteiger partial charge in [-0.2, -0.15) is 4.31 Å². The van der Waals surface area contributed by atoms with Gasteiger partial charge in [0.2, 0.25) is 10.0 Å². The molecule has 0 spiro atoms. The third-order valence-corrected chi connectivity index (χ3v) is 6.55. The summed E-state index contributed by atoms with van der Waals surface area (Å²) in [5, 5.41) is 3.35. The Morgan fingerprint density at radius 3 is 2.55 bits per heavy atom. The molecule has 8 heteroatoms. The van der Waals surface area contributed by atoms with Crippen molar-refractivity contribution in [3.8, 4) is 0 Å². The van der Waals surface area contributed by atoms with Gasteiger partial charge in [-0.05, 0) is 38.1 Å². The molecule has 1 aromatic rings. The number of nitrogens with zero attached hydrogens (tertiary/aromatic N) is 1. The van der Waals surface area contributed by atoms with Gasteiger partial charge in [0, 0.05) is 17.6 Å². The minimum atomic E-state index is -3.65. The SMILES string of the molecule is CNCC1CCN(S(=O)(=O)c2c(Cl)cc(Br)cc2Cl)C1. The average molecular weight is 402 g/mol. The topological polar surface area (TPSA) is 49.4 Å². The van der Waals surface area contributed by atoms with E-state index in [2.05, 4.69) is 21.2 Å². The van der Waals surface area contributed by atoms with E-state index >= 15 is 0 Å². The highest BCUT2D eigenvalue weighted by Gasteiger charge is 2.34. The fraction of sp³-hybridized carbons (Fsp3) is 0.500. The number of halogens is 3.